The fraction of sp³-hybridized carbons (Fsp3) is 0.143. The van der Waals surface area contributed by atoms with Crippen molar-refractivity contribution in [2.24, 2.45) is 0 Å². The highest BCUT2D eigenvalue weighted by Crippen LogP contribution is 2.33. The van der Waals surface area contributed by atoms with E-state index in [1.807, 2.05) is 0 Å². The molecule has 10 heteroatoms. The molecule has 1 aromatic heterocycles. The van der Waals surface area contributed by atoms with Crippen LogP contribution in [-0.4, -0.2) is 22.1 Å². The van der Waals surface area contributed by atoms with Crippen molar-refractivity contribution in [1.29, 1.82) is 0 Å². The van der Waals surface area contributed by atoms with Gasteiger partial charge in [-0.2, -0.15) is 0 Å². The second-order valence-corrected chi connectivity index (χ2v) is 5.47. The molecule has 0 saturated carbocycles. The summed E-state index contributed by atoms with van der Waals surface area (Å²) < 4.78 is 41.0. The first-order valence-electron chi connectivity index (χ1n) is 6.33. The summed E-state index contributed by atoms with van der Waals surface area (Å²) >= 11 is 3.19. The molecule has 0 amide bonds. The number of carbonyl (C=O) groups is 1. The van der Waals surface area contributed by atoms with Crippen LogP contribution in [0.2, 0.25) is 0 Å². The van der Waals surface area contributed by atoms with E-state index in [9.17, 15) is 28.1 Å². The minimum Gasteiger partial charge on any atom is -0.398 e. The van der Waals surface area contributed by atoms with Gasteiger partial charge in [-0.1, -0.05) is 0 Å². The first-order chi connectivity index (χ1) is 11.2. The summed E-state index contributed by atoms with van der Waals surface area (Å²) in [6.45, 7) is 0. The second kappa shape index (κ2) is 6.95. The van der Waals surface area contributed by atoms with E-state index in [1.165, 1.54) is 6.20 Å². The standard InChI is InChI=1S/C14H8BrF3N2O4/c15-9-2-3-10(19-7-9)6-12(21)8-1-4-13(24-14(16,17)18)11(5-8)20(22)23/h1-5,7H,6H2. The number of ether oxygens (including phenoxy) is 1. The van der Waals surface area contributed by atoms with E-state index in [0.717, 1.165) is 18.2 Å². The predicted octanol–water partition coefficient (Wildman–Crippen LogP) is 4.08. The quantitative estimate of drug-likeness (QED) is 0.426. The van der Waals surface area contributed by atoms with Crippen molar-refractivity contribution in [3.63, 3.8) is 0 Å². The molecule has 2 aromatic rings. The third kappa shape index (κ3) is 4.75. The summed E-state index contributed by atoms with van der Waals surface area (Å²) in [5.41, 5.74) is -0.635. The van der Waals surface area contributed by atoms with Crippen LogP contribution in [0.3, 0.4) is 0 Å². The number of carbonyl (C=O) groups excluding carboxylic acids is 1. The molecule has 0 N–H and O–H groups in total. The number of hydrogen-bond donors (Lipinski definition) is 0. The number of pyridine rings is 1. The number of benzene rings is 1. The van der Waals surface area contributed by atoms with Gasteiger partial charge in [-0.25, -0.2) is 0 Å². The van der Waals surface area contributed by atoms with Gasteiger partial charge in [0.25, 0.3) is 0 Å². The molecule has 0 unspecified atom stereocenters. The maximum Gasteiger partial charge on any atom is 0.573 e. The fourth-order valence-corrected chi connectivity index (χ4v) is 2.06. The van der Waals surface area contributed by atoms with E-state index < -0.39 is 28.5 Å². The third-order valence-corrected chi connectivity index (χ3v) is 3.30. The molecule has 0 aliphatic carbocycles. The zero-order valence-corrected chi connectivity index (χ0v) is 13.3. The Labute approximate surface area is 141 Å². The molecular weight excluding hydrogens is 397 g/mol. The van der Waals surface area contributed by atoms with Crippen LogP contribution in [0.15, 0.2) is 41.0 Å². The molecule has 0 aliphatic heterocycles. The summed E-state index contributed by atoms with van der Waals surface area (Å²) in [6, 6.07) is 5.78. The number of aromatic nitrogens is 1. The molecule has 1 aromatic carbocycles. The SMILES string of the molecule is O=C(Cc1ccc(Br)cn1)c1ccc(OC(F)(F)F)c([N+](=O)[O-])c1. The lowest BCUT2D eigenvalue weighted by Crippen LogP contribution is -2.18. The van der Waals surface area contributed by atoms with Crippen LogP contribution in [0.25, 0.3) is 0 Å². The monoisotopic (exact) mass is 404 g/mol. The van der Waals surface area contributed by atoms with Gasteiger partial charge in [-0.15, -0.1) is 13.2 Å². The molecular formula is C14H8BrF3N2O4. The Morgan fingerprint density at radius 2 is 2.00 bits per heavy atom. The van der Waals surface area contributed by atoms with Gasteiger partial charge in [0.05, 0.1) is 11.3 Å². The number of nitro benzene ring substituents is 1. The zero-order chi connectivity index (χ0) is 17.9. The lowest BCUT2D eigenvalue weighted by molar-refractivity contribution is -0.388. The Hall–Kier alpha value is -2.49. The number of hydrogen-bond acceptors (Lipinski definition) is 5. The van der Waals surface area contributed by atoms with Crippen LogP contribution in [0.5, 0.6) is 5.75 Å². The lowest BCUT2D eigenvalue weighted by Gasteiger charge is -2.09. The Kier molecular flexibility index (Phi) is 5.17. The van der Waals surface area contributed by atoms with Crippen molar-refractivity contribution in [3.05, 3.63) is 62.4 Å². The number of Topliss-reactive ketones (excluding diaryl/α,β-unsaturated/α-hetero) is 1. The summed E-state index contributed by atoms with van der Waals surface area (Å²) in [5.74, 6) is -1.50. The van der Waals surface area contributed by atoms with E-state index in [2.05, 4.69) is 25.7 Å². The predicted molar refractivity (Wildman–Crippen MR) is 79.8 cm³/mol. The van der Waals surface area contributed by atoms with Crippen molar-refractivity contribution >= 4 is 27.4 Å². The average Bonchev–Trinajstić information content (AvgIpc) is 2.48. The van der Waals surface area contributed by atoms with E-state index in [4.69, 9.17) is 0 Å². The van der Waals surface area contributed by atoms with Crippen LogP contribution in [0.4, 0.5) is 18.9 Å². The molecule has 1 heterocycles. The Morgan fingerprint density at radius 3 is 2.54 bits per heavy atom. The molecule has 6 nitrogen and oxygen atoms in total. The Bertz CT molecular complexity index is 779. The second-order valence-electron chi connectivity index (χ2n) is 4.56. The number of ketones is 1. The summed E-state index contributed by atoms with van der Waals surface area (Å²) in [4.78, 5) is 26.0. The van der Waals surface area contributed by atoms with Crippen molar-refractivity contribution in [2.75, 3.05) is 0 Å². The highest BCUT2D eigenvalue weighted by molar-refractivity contribution is 9.10. The molecule has 0 fully saturated rings. The van der Waals surface area contributed by atoms with Crippen LogP contribution < -0.4 is 4.74 Å². The smallest absolute Gasteiger partial charge is 0.398 e. The summed E-state index contributed by atoms with van der Waals surface area (Å²) in [7, 11) is 0. The van der Waals surface area contributed by atoms with Crippen LogP contribution in [-0.2, 0) is 6.42 Å². The van der Waals surface area contributed by atoms with Gasteiger partial charge in [0.2, 0.25) is 5.75 Å². The summed E-state index contributed by atoms with van der Waals surface area (Å²) in [5, 5.41) is 10.9. The highest BCUT2D eigenvalue weighted by Gasteiger charge is 2.34. The number of halogens is 4. The molecule has 126 valence electrons. The number of alkyl halides is 3. The average molecular weight is 405 g/mol. The number of nitrogens with zero attached hydrogens (tertiary/aromatic N) is 2. The first kappa shape index (κ1) is 17.9. The van der Waals surface area contributed by atoms with E-state index in [-0.39, 0.29) is 12.0 Å². The molecule has 0 atom stereocenters. The van der Waals surface area contributed by atoms with Gasteiger partial charge in [-0.3, -0.25) is 19.9 Å². The Morgan fingerprint density at radius 1 is 1.29 bits per heavy atom. The number of rotatable bonds is 5. The van der Waals surface area contributed by atoms with Gasteiger partial charge in [-0.05, 0) is 40.2 Å². The first-order valence-corrected chi connectivity index (χ1v) is 7.13. The normalized spacial score (nSPS) is 11.2. The molecule has 24 heavy (non-hydrogen) atoms. The lowest BCUT2D eigenvalue weighted by atomic mass is 10.1. The highest BCUT2D eigenvalue weighted by atomic mass is 79.9. The minimum absolute atomic E-state index is 0.110. The molecule has 0 saturated heterocycles. The maximum absolute atomic E-state index is 12.2. The van der Waals surface area contributed by atoms with Gasteiger partial charge < -0.3 is 4.74 Å². The van der Waals surface area contributed by atoms with Crippen LogP contribution >= 0.6 is 15.9 Å². The maximum atomic E-state index is 12.2. The van der Waals surface area contributed by atoms with Crippen molar-refractivity contribution < 1.29 is 27.6 Å². The topological polar surface area (TPSA) is 82.3 Å². The van der Waals surface area contributed by atoms with Crippen molar-refractivity contribution in [1.82, 2.24) is 4.98 Å². The van der Waals surface area contributed by atoms with E-state index >= 15 is 0 Å². The molecule has 0 bridgehead atoms. The van der Waals surface area contributed by atoms with Crippen LogP contribution in [0.1, 0.15) is 16.1 Å². The fourth-order valence-electron chi connectivity index (χ4n) is 1.82. The van der Waals surface area contributed by atoms with E-state index in [1.54, 1.807) is 12.1 Å². The van der Waals surface area contributed by atoms with Crippen molar-refractivity contribution in [3.8, 4) is 5.75 Å². The van der Waals surface area contributed by atoms with Gasteiger partial charge in [0.15, 0.2) is 5.78 Å². The third-order valence-electron chi connectivity index (χ3n) is 2.83. The Balaban J connectivity index is 2.27. The largest absolute Gasteiger partial charge is 0.573 e. The molecule has 0 spiro atoms. The van der Waals surface area contributed by atoms with Gasteiger partial charge in [0.1, 0.15) is 0 Å². The van der Waals surface area contributed by atoms with Crippen LogP contribution in [0, 0.1) is 10.1 Å². The zero-order valence-electron chi connectivity index (χ0n) is 11.7. The van der Waals surface area contributed by atoms with Gasteiger partial charge >= 0.3 is 12.0 Å². The number of nitro groups is 1. The van der Waals surface area contributed by atoms with Gasteiger partial charge in [0, 0.05) is 28.0 Å². The van der Waals surface area contributed by atoms with Crippen molar-refractivity contribution in [2.45, 2.75) is 12.8 Å². The summed E-state index contributed by atoms with van der Waals surface area (Å²) in [6.07, 6.45) is -3.74. The molecule has 0 radical (unpaired) electrons. The minimum atomic E-state index is -5.07. The van der Waals surface area contributed by atoms with E-state index in [0.29, 0.717) is 10.2 Å². The molecule has 0 aliphatic rings. The molecule has 2 rings (SSSR count).